The Morgan fingerprint density at radius 1 is 0.387 bits per heavy atom. The molecule has 1 aromatic heterocycles. The van der Waals surface area contributed by atoms with E-state index in [-0.39, 0.29) is 18.9 Å². The van der Waals surface area contributed by atoms with E-state index in [0.29, 0.717) is 0 Å². The van der Waals surface area contributed by atoms with Crippen LogP contribution in [-0.4, -0.2) is 25.8 Å². The predicted molar refractivity (Wildman–Crippen MR) is 137 cm³/mol. The van der Waals surface area contributed by atoms with Crippen LogP contribution in [0, 0.1) is 0 Å². The molecule has 5 aromatic rings. The number of rotatable bonds is 4. The number of hydrogen-bond acceptors (Lipinski definition) is 0. The average molecular weight is 388 g/mol. The maximum absolute atomic E-state index is 2.27. The van der Waals surface area contributed by atoms with Crippen LogP contribution >= 0.6 is 0 Å². The molecule has 0 bridgehead atoms. The normalized spacial score (nSPS) is 10.2. The van der Waals surface area contributed by atoms with Crippen molar-refractivity contribution in [1.29, 1.82) is 0 Å². The minimum atomic E-state index is 0. The van der Waals surface area contributed by atoms with Gasteiger partial charge >= 0.3 is 197 Å². The second kappa shape index (κ2) is 9.80. The van der Waals surface area contributed by atoms with Crippen LogP contribution in [0.5, 0.6) is 0 Å². The van der Waals surface area contributed by atoms with Gasteiger partial charge in [-0.15, -0.1) is 0 Å². The zero-order valence-electron chi connectivity index (χ0n) is 16.7. The third-order valence-corrected chi connectivity index (χ3v) is 5.50. The van der Waals surface area contributed by atoms with Crippen LogP contribution in [0.2, 0.25) is 0 Å². The van der Waals surface area contributed by atoms with Gasteiger partial charge < -0.3 is 0 Å². The SMILES string of the molecule is [LiH].b1cc(-c2ccccc2)c(-c2ccccc2)c(-c2ccccc2)c1-c1ccccc1. The second-order valence-electron chi connectivity index (χ2n) is 7.37. The summed E-state index contributed by atoms with van der Waals surface area (Å²) in [5.41, 5.74) is 9.96. The molecule has 0 amide bonds. The zero-order chi connectivity index (χ0) is 20.2. The second-order valence-corrected chi connectivity index (χ2v) is 7.37. The molecular formula is C29H22BLi. The molecule has 0 unspecified atom stereocenters. The summed E-state index contributed by atoms with van der Waals surface area (Å²) in [6.07, 6.45) is 0. The molecule has 142 valence electrons. The first kappa shape index (κ1) is 21.1. The fourth-order valence-electron chi connectivity index (χ4n) is 4.13. The molecule has 0 aliphatic rings. The van der Waals surface area contributed by atoms with Gasteiger partial charge in [0.15, 0.2) is 0 Å². The van der Waals surface area contributed by atoms with Gasteiger partial charge in [-0.1, -0.05) is 0 Å². The van der Waals surface area contributed by atoms with Crippen LogP contribution in [0.4, 0.5) is 0 Å². The molecule has 0 radical (unpaired) electrons. The van der Waals surface area contributed by atoms with E-state index < -0.39 is 0 Å². The molecule has 0 nitrogen and oxygen atoms in total. The van der Waals surface area contributed by atoms with Crippen molar-refractivity contribution in [2.45, 2.75) is 0 Å². The van der Waals surface area contributed by atoms with Gasteiger partial charge in [0, 0.05) is 0 Å². The van der Waals surface area contributed by atoms with Gasteiger partial charge in [0.2, 0.25) is 0 Å². The van der Waals surface area contributed by atoms with E-state index in [9.17, 15) is 0 Å². The Bertz CT molecular complexity index is 1150. The Morgan fingerprint density at radius 3 is 1.26 bits per heavy atom. The van der Waals surface area contributed by atoms with Gasteiger partial charge in [-0.05, 0) is 0 Å². The summed E-state index contributed by atoms with van der Waals surface area (Å²) in [5.74, 6) is 2.27. The van der Waals surface area contributed by atoms with Gasteiger partial charge in [0.05, 0.1) is 0 Å². The molecule has 1 heterocycles. The summed E-state index contributed by atoms with van der Waals surface area (Å²) in [7, 11) is 0. The topological polar surface area (TPSA) is 0 Å². The standard InChI is InChI=1S/C29H21B.Li.H/c1-5-13-22(14-6-1)26-21-30-29(25-19-11-4-12-20-25)28(24-17-9-3-10-18-24)27(26)23-15-7-2-8-16-23;;/h1-21H;;. The quantitative estimate of drug-likeness (QED) is 0.290. The Morgan fingerprint density at radius 2 is 0.774 bits per heavy atom. The van der Waals surface area contributed by atoms with Crippen molar-refractivity contribution < 1.29 is 0 Å². The molecular weight excluding hydrogens is 366 g/mol. The van der Waals surface area contributed by atoms with Crippen molar-refractivity contribution in [3.05, 3.63) is 127 Å². The molecule has 0 spiro atoms. The van der Waals surface area contributed by atoms with E-state index in [2.05, 4.69) is 134 Å². The van der Waals surface area contributed by atoms with Crippen molar-refractivity contribution in [2.75, 3.05) is 0 Å². The summed E-state index contributed by atoms with van der Waals surface area (Å²) < 4.78 is 0. The first-order valence-electron chi connectivity index (χ1n) is 10.3. The van der Waals surface area contributed by atoms with E-state index in [0.717, 1.165) is 0 Å². The summed E-state index contributed by atoms with van der Waals surface area (Å²) in [4.78, 5) is 0. The molecule has 5 rings (SSSR count). The summed E-state index contributed by atoms with van der Waals surface area (Å²) in [6.45, 7) is 2.27. The van der Waals surface area contributed by atoms with Crippen molar-refractivity contribution in [3.63, 3.8) is 0 Å². The van der Waals surface area contributed by atoms with Crippen molar-refractivity contribution in [1.82, 2.24) is 0 Å². The van der Waals surface area contributed by atoms with Crippen LogP contribution in [0.25, 0.3) is 44.4 Å². The minimum absolute atomic E-state index is 0. The number of benzene rings is 4. The first-order valence-corrected chi connectivity index (χ1v) is 10.3. The predicted octanol–water partition coefficient (Wildman–Crippen LogP) is 7.04. The van der Waals surface area contributed by atoms with Gasteiger partial charge in [-0.3, -0.25) is 0 Å². The van der Waals surface area contributed by atoms with Crippen molar-refractivity contribution in [2.24, 2.45) is 0 Å². The zero-order valence-corrected chi connectivity index (χ0v) is 16.7. The third-order valence-electron chi connectivity index (χ3n) is 5.50. The summed E-state index contributed by atoms with van der Waals surface area (Å²) >= 11 is 0. The maximum atomic E-state index is 2.27. The van der Waals surface area contributed by atoms with Crippen LogP contribution in [0.1, 0.15) is 0 Å². The molecule has 0 aliphatic carbocycles. The summed E-state index contributed by atoms with van der Waals surface area (Å²) in [6, 6.07) is 42.8. The third kappa shape index (κ3) is 4.35. The van der Waals surface area contributed by atoms with Gasteiger partial charge in [-0.2, -0.15) is 0 Å². The Balaban J connectivity index is 0.00000231. The van der Waals surface area contributed by atoms with Crippen LogP contribution in [-0.2, 0) is 0 Å². The molecule has 0 saturated carbocycles. The van der Waals surface area contributed by atoms with Crippen LogP contribution in [0.3, 0.4) is 0 Å². The van der Waals surface area contributed by atoms with Gasteiger partial charge in [0.1, 0.15) is 0 Å². The van der Waals surface area contributed by atoms with E-state index in [1.54, 1.807) is 0 Å². The average Bonchev–Trinajstić information content (AvgIpc) is 2.85. The van der Waals surface area contributed by atoms with E-state index in [1.807, 2.05) is 0 Å². The molecule has 31 heavy (non-hydrogen) atoms. The molecule has 0 saturated heterocycles. The van der Waals surface area contributed by atoms with Crippen LogP contribution in [0.15, 0.2) is 127 Å². The summed E-state index contributed by atoms with van der Waals surface area (Å²) in [5, 5.41) is 0. The van der Waals surface area contributed by atoms with Crippen molar-refractivity contribution in [3.8, 4) is 44.4 Å². The molecule has 0 fully saturated rings. The van der Waals surface area contributed by atoms with E-state index in [4.69, 9.17) is 0 Å². The molecule has 0 atom stereocenters. The first-order chi connectivity index (χ1) is 14.9. The van der Waals surface area contributed by atoms with E-state index in [1.165, 1.54) is 44.4 Å². The molecule has 4 aromatic carbocycles. The fourth-order valence-corrected chi connectivity index (χ4v) is 4.13. The molecule has 0 aliphatic heterocycles. The Labute approximate surface area is 197 Å². The molecule has 2 heteroatoms. The monoisotopic (exact) mass is 388 g/mol. The Hall–Kier alpha value is -3.11. The van der Waals surface area contributed by atoms with Gasteiger partial charge in [-0.25, -0.2) is 0 Å². The van der Waals surface area contributed by atoms with Gasteiger partial charge in [0.25, 0.3) is 0 Å². The Kier molecular flexibility index (Phi) is 6.68. The molecule has 0 N–H and O–H groups in total. The number of hydrogen-bond donors (Lipinski definition) is 0. The fraction of sp³-hybridized carbons (Fsp3) is 0. The van der Waals surface area contributed by atoms with E-state index >= 15 is 0 Å². The van der Waals surface area contributed by atoms with Crippen molar-refractivity contribution >= 4 is 25.8 Å². The van der Waals surface area contributed by atoms with Crippen LogP contribution < -0.4 is 0 Å².